The quantitative estimate of drug-likeness (QED) is 0.575. The van der Waals surface area contributed by atoms with Crippen molar-refractivity contribution in [2.45, 2.75) is 56.7 Å². The SMILES string of the molecule is CC(F)(F)C(F)(F)F.CC1(F)OC(F)(F)CCC1(F)F. The van der Waals surface area contributed by atoms with E-state index in [4.69, 9.17) is 0 Å². The maximum absolute atomic E-state index is 12.7. The summed E-state index contributed by atoms with van der Waals surface area (Å²) in [6.45, 7) is 0.118. The van der Waals surface area contributed by atoms with Gasteiger partial charge in [0.2, 0.25) is 0 Å². The number of alkyl halides is 10. The van der Waals surface area contributed by atoms with Crippen LogP contribution in [0.3, 0.4) is 0 Å². The molecule has 122 valence electrons. The normalized spacial score (nSPS) is 29.4. The van der Waals surface area contributed by atoms with Crippen molar-refractivity contribution in [2.75, 3.05) is 0 Å². The van der Waals surface area contributed by atoms with E-state index in [0.717, 1.165) is 0 Å². The van der Waals surface area contributed by atoms with Gasteiger partial charge in [0.15, 0.2) is 0 Å². The summed E-state index contributed by atoms with van der Waals surface area (Å²) >= 11 is 0. The van der Waals surface area contributed by atoms with Crippen LogP contribution in [0.15, 0.2) is 0 Å². The lowest BCUT2D eigenvalue weighted by molar-refractivity contribution is -0.408. The molecule has 0 aromatic carbocycles. The highest BCUT2D eigenvalue weighted by molar-refractivity contribution is 4.88. The van der Waals surface area contributed by atoms with E-state index in [1.165, 1.54) is 0 Å². The minimum Gasteiger partial charge on any atom is -0.277 e. The number of ether oxygens (including phenoxy) is 1. The first-order valence-electron chi connectivity index (χ1n) is 5.01. The highest BCUT2D eigenvalue weighted by Crippen LogP contribution is 2.47. The Morgan fingerprint density at radius 3 is 1.40 bits per heavy atom. The molecule has 0 aliphatic carbocycles. The zero-order chi connectivity index (χ0) is 16.6. The van der Waals surface area contributed by atoms with E-state index in [9.17, 15) is 43.9 Å². The van der Waals surface area contributed by atoms with Crippen LogP contribution in [-0.4, -0.2) is 30.0 Å². The summed E-state index contributed by atoms with van der Waals surface area (Å²) in [4.78, 5) is 0. The highest BCUT2D eigenvalue weighted by Gasteiger charge is 2.61. The van der Waals surface area contributed by atoms with E-state index in [2.05, 4.69) is 4.74 Å². The van der Waals surface area contributed by atoms with E-state index in [1.54, 1.807) is 0 Å². The number of hydrogen-bond acceptors (Lipinski definition) is 1. The van der Waals surface area contributed by atoms with Crippen LogP contribution in [-0.2, 0) is 4.74 Å². The smallest absolute Gasteiger partial charge is 0.277 e. The molecule has 1 heterocycles. The van der Waals surface area contributed by atoms with Crippen molar-refractivity contribution in [3.63, 3.8) is 0 Å². The summed E-state index contributed by atoms with van der Waals surface area (Å²) in [7, 11) is 0. The summed E-state index contributed by atoms with van der Waals surface area (Å²) in [5.74, 6) is -12.0. The monoisotopic (exact) mass is 324 g/mol. The molecule has 1 aliphatic heterocycles. The summed E-state index contributed by atoms with van der Waals surface area (Å²) in [6.07, 6.45) is -11.5. The van der Waals surface area contributed by atoms with Crippen molar-refractivity contribution in [1.82, 2.24) is 0 Å². The van der Waals surface area contributed by atoms with Gasteiger partial charge >= 0.3 is 24.1 Å². The molecule has 1 nitrogen and oxygen atoms in total. The van der Waals surface area contributed by atoms with Gasteiger partial charge in [-0.25, -0.2) is 13.2 Å². The summed E-state index contributed by atoms with van der Waals surface area (Å²) in [5.41, 5.74) is 0. The second-order valence-electron chi connectivity index (χ2n) is 4.25. The van der Waals surface area contributed by atoms with Gasteiger partial charge in [-0.2, -0.15) is 30.7 Å². The van der Waals surface area contributed by atoms with Gasteiger partial charge in [-0.15, -0.1) is 0 Å². The Morgan fingerprint density at radius 1 is 0.850 bits per heavy atom. The van der Waals surface area contributed by atoms with Gasteiger partial charge in [0.05, 0.1) is 0 Å². The molecule has 20 heavy (non-hydrogen) atoms. The predicted octanol–water partition coefficient (Wildman–Crippen LogP) is 4.91. The van der Waals surface area contributed by atoms with Crippen molar-refractivity contribution in [3.8, 4) is 0 Å². The standard InChI is InChI=1S/C6H7F5O.C3H3F5/c1-4(7)5(8,9)2-3-6(10,11)12-4;1-2(4,5)3(6,7)8/h2-3H2,1H3;1H3. The van der Waals surface area contributed by atoms with E-state index < -0.39 is 42.8 Å². The first-order chi connectivity index (χ1) is 8.41. The molecule has 0 aromatic heterocycles. The van der Waals surface area contributed by atoms with Gasteiger partial charge in [-0.3, -0.25) is 4.74 Å². The average Bonchev–Trinajstić information content (AvgIpc) is 2.09. The molecular formula is C9H10F10O. The van der Waals surface area contributed by atoms with Crippen LogP contribution in [0.2, 0.25) is 0 Å². The van der Waals surface area contributed by atoms with Gasteiger partial charge in [-0.1, -0.05) is 0 Å². The molecule has 0 aromatic rings. The molecule has 11 heteroatoms. The fraction of sp³-hybridized carbons (Fsp3) is 1.00. The molecule has 0 N–H and O–H groups in total. The topological polar surface area (TPSA) is 9.23 Å². The van der Waals surface area contributed by atoms with Crippen molar-refractivity contribution in [2.24, 2.45) is 0 Å². The molecule has 1 fully saturated rings. The zero-order valence-electron chi connectivity index (χ0n) is 10.1. The van der Waals surface area contributed by atoms with Crippen molar-refractivity contribution in [1.29, 1.82) is 0 Å². The van der Waals surface area contributed by atoms with Crippen LogP contribution < -0.4 is 0 Å². The largest absolute Gasteiger partial charge is 0.452 e. The third-order valence-electron chi connectivity index (χ3n) is 2.22. The predicted molar refractivity (Wildman–Crippen MR) is 46.4 cm³/mol. The Morgan fingerprint density at radius 2 is 1.20 bits per heavy atom. The van der Waals surface area contributed by atoms with Crippen LogP contribution in [0, 0.1) is 0 Å². The van der Waals surface area contributed by atoms with Gasteiger partial charge in [0, 0.05) is 26.7 Å². The molecular weight excluding hydrogens is 314 g/mol. The first kappa shape index (κ1) is 19.3. The lowest BCUT2D eigenvalue weighted by atomic mass is 10.0. The Labute approximate surface area is 106 Å². The van der Waals surface area contributed by atoms with E-state index in [1.807, 2.05) is 0 Å². The second-order valence-corrected chi connectivity index (χ2v) is 4.25. The minimum atomic E-state index is -5.40. The molecule has 0 spiro atoms. The summed E-state index contributed by atoms with van der Waals surface area (Å²) in [5, 5.41) is 0. The Bertz CT molecular complexity index is 315. The molecule has 0 radical (unpaired) electrons. The third kappa shape index (κ3) is 4.98. The van der Waals surface area contributed by atoms with Crippen molar-refractivity contribution < 1.29 is 48.6 Å². The van der Waals surface area contributed by atoms with Crippen LogP contribution in [0.5, 0.6) is 0 Å². The number of halogens is 10. The summed E-state index contributed by atoms with van der Waals surface area (Å²) < 4.78 is 120. The van der Waals surface area contributed by atoms with Crippen molar-refractivity contribution in [3.05, 3.63) is 0 Å². The third-order valence-corrected chi connectivity index (χ3v) is 2.22. The summed E-state index contributed by atoms with van der Waals surface area (Å²) in [6, 6.07) is 0. The van der Waals surface area contributed by atoms with E-state index in [0.29, 0.717) is 6.92 Å². The zero-order valence-corrected chi connectivity index (χ0v) is 10.1. The van der Waals surface area contributed by atoms with E-state index >= 15 is 0 Å². The molecule has 0 saturated carbocycles. The van der Waals surface area contributed by atoms with Gasteiger partial charge in [-0.05, 0) is 0 Å². The maximum atomic E-state index is 12.7. The lowest BCUT2D eigenvalue weighted by Gasteiger charge is -2.38. The second kappa shape index (κ2) is 5.23. The Kier molecular flexibility index (Phi) is 5.03. The first-order valence-corrected chi connectivity index (χ1v) is 5.01. The molecule has 0 amide bonds. The van der Waals surface area contributed by atoms with Crippen LogP contribution in [0.25, 0.3) is 0 Å². The molecule has 0 bridgehead atoms. The number of hydrogen-bond donors (Lipinski definition) is 0. The van der Waals surface area contributed by atoms with Gasteiger partial charge < -0.3 is 0 Å². The lowest BCUT2D eigenvalue weighted by Crippen LogP contribution is -2.53. The van der Waals surface area contributed by atoms with Crippen LogP contribution >= 0.6 is 0 Å². The van der Waals surface area contributed by atoms with Gasteiger partial charge in [0.25, 0.3) is 5.85 Å². The fourth-order valence-corrected chi connectivity index (χ4v) is 0.932. The van der Waals surface area contributed by atoms with E-state index in [-0.39, 0.29) is 6.92 Å². The molecule has 1 saturated heterocycles. The van der Waals surface area contributed by atoms with Crippen molar-refractivity contribution >= 4 is 0 Å². The molecule has 1 atom stereocenters. The fourth-order valence-electron chi connectivity index (χ4n) is 0.932. The van der Waals surface area contributed by atoms with Crippen LogP contribution in [0.4, 0.5) is 43.9 Å². The minimum absolute atomic E-state index is 0.188. The Hall–Kier alpha value is -0.740. The molecule has 1 rings (SSSR count). The highest BCUT2D eigenvalue weighted by atomic mass is 19.4. The van der Waals surface area contributed by atoms with Crippen LogP contribution in [0.1, 0.15) is 26.7 Å². The molecule has 1 unspecified atom stereocenters. The number of rotatable bonds is 0. The average molecular weight is 324 g/mol. The van der Waals surface area contributed by atoms with Gasteiger partial charge in [0.1, 0.15) is 0 Å². The Balaban J connectivity index is 0.000000396. The maximum Gasteiger partial charge on any atom is 0.452 e. The molecule has 1 aliphatic rings.